The second kappa shape index (κ2) is 8.17. The van der Waals surface area contributed by atoms with Gasteiger partial charge in [-0.05, 0) is 19.9 Å². The van der Waals surface area contributed by atoms with E-state index in [2.05, 4.69) is 29.2 Å². The maximum Gasteiger partial charge on any atom is 0.131 e. The van der Waals surface area contributed by atoms with Crippen LogP contribution in [0.15, 0.2) is 0 Å². The molecule has 1 heterocycles. The van der Waals surface area contributed by atoms with Gasteiger partial charge in [-0.2, -0.15) is 5.10 Å². The van der Waals surface area contributed by atoms with Crippen LogP contribution in [-0.4, -0.2) is 41.1 Å². The van der Waals surface area contributed by atoms with Crippen LogP contribution in [0.2, 0.25) is 0 Å². The van der Waals surface area contributed by atoms with Crippen LogP contribution in [0.5, 0.6) is 0 Å². The van der Waals surface area contributed by atoms with Gasteiger partial charge < -0.3 is 15.3 Å². The second-order valence-corrected chi connectivity index (χ2v) is 4.86. The third-order valence-electron chi connectivity index (χ3n) is 3.32. The average molecular weight is 268 g/mol. The van der Waals surface area contributed by atoms with Crippen LogP contribution < -0.4 is 10.2 Å². The van der Waals surface area contributed by atoms with Gasteiger partial charge in [-0.1, -0.05) is 20.3 Å². The lowest BCUT2D eigenvalue weighted by Gasteiger charge is -2.25. The van der Waals surface area contributed by atoms with Gasteiger partial charge in [-0.25, -0.2) is 0 Å². The number of nitrogens with zero attached hydrogens (tertiary/aromatic N) is 3. The molecule has 0 fully saturated rings. The SMILES string of the molecule is CCCCN(CCO)c1c(CNCC)c(C)nn1C. The molecule has 0 aliphatic rings. The number of hydrogen-bond acceptors (Lipinski definition) is 4. The Kier molecular flexibility index (Phi) is 6.87. The highest BCUT2D eigenvalue weighted by Crippen LogP contribution is 2.23. The zero-order chi connectivity index (χ0) is 14.3. The minimum atomic E-state index is 0.175. The molecule has 5 nitrogen and oxygen atoms in total. The number of hydrogen-bond donors (Lipinski definition) is 2. The lowest BCUT2D eigenvalue weighted by atomic mass is 10.2. The molecule has 0 bridgehead atoms. The van der Waals surface area contributed by atoms with Crippen molar-refractivity contribution in [3.63, 3.8) is 0 Å². The number of rotatable bonds is 9. The first-order valence-electron chi connectivity index (χ1n) is 7.24. The van der Waals surface area contributed by atoms with Crippen LogP contribution in [0.3, 0.4) is 0 Å². The van der Waals surface area contributed by atoms with Crippen molar-refractivity contribution in [2.75, 3.05) is 31.1 Å². The molecule has 0 amide bonds. The van der Waals surface area contributed by atoms with Gasteiger partial charge in [0.2, 0.25) is 0 Å². The summed E-state index contributed by atoms with van der Waals surface area (Å²) in [6.45, 7) is 9.93. The number of unbranched alkanes of at least 4 members (excludes halogenated alkanes) is 1. The van der Waals surface area contributed by atoms with E-state index >= 15 is 0 Å². The fraction of sp³-hybridized carbons (Fsp3) is 0.786. The molecule has 1 rings (SSSR count). The van der Waals surface area contributed by atoms with Gasteiger partial charge in [0.1, 0.15) is 5.82 Å². The molecule has 1 aromatic rings. The normalized spacial score (nSPS) is 11.0. The zero-order valence-corrected chi connectivity index (χ0v) is 12.7. The summed E-state index contributed by atoms with van der Waals surface area (Å²) in [6, 6.07) is 0. The Labute approximate surface area is 116 Å². The standard InChI is InChI=1S/C14H28N4O/c1-5-7-8-18(9-10-19)14-13(11-15-6-2)12(3)16-17(14)4/h15,19H,5-11H2,1-4H3. The van der Waals surface area contributed by atoms with E-state index in [1.807, 2.05) is 18.7 Å². The maximum atomic E-state index is 9.28. The van der Waals surface area contributed by atoms with Crippen molar-refractivity contribution in [2.24, 2.45) is 7.05 Å². The first-order valence-corrected chi connectivity index (χ1v) is 7.24. The molecule has 0 spiro atoms. The maximum absolute atomic E-state index is 9.28. The van der Waals surface area contributed by atoms with E-state index in [0.29, 0.717) is 6.54 Å². The van der Waals surface area contributed by atoms with E-state index < -0.39 is 0 Å². The minimum Gasteiger partial charge on any atom is -0.395 e. The molecule has 0 saturated carbocycles. The molecule has 0 atom stereocenters. The van der Waals surface area contributed by atoms with Crippen molar-refractivity contribution in [3.05, 3.63) is 11.3 Å². The molecular formula is C14H28N4O. The van der Waals surface area contributed by atoms with Crippen LogP contribution in [0.25, 0.3) is 0 Å². The van der Waals surface area contributed by atoms with Crippen molar-refractivity contribution in [1.82, 2.24) is 15.1 Å². The monoisotopic (exact) mass is 268 g/mol. The molecule has 0 aliphatic heterocycles. The summed E-state index contributed by atoms with van der Waals surface area (Å²) in [7, 11) is 1.98. The molecule has 0 aliphatic carbocycles. The van der Waals surface area contributed by atoms with Crippen LogP contribution in [0, 0.1) is 6.92 Å². The van der Waals surface area contributed by atoms with E-state index in [4.69, 9.17) is 0 Å². The third-order valence-corrected chi connectivity index (χ3v) is 3.32. The molecule has 0 aromatic carbocycles. The first kappa shape index (κ1) is 16.0. The summed E-state index contributed by atoms with van der Waals surface area (Å²) < 4.78 is 1.94. The van der Waals surface area contributed by atoms with Gasteiger partial charge in [0.25, 0.3) is 0 Å². The lowest BCUT2D eigenvalue weighted by Crippen LogP contribution is -2.31. The van der Waals surface area contributed by atoms with E-state index in [1.54, 1.807) is 0 Å². The molecule has 5 heteroatoms. The summed E-state index contributed by atoms with van der Waals surface area (Å²) in [5, 5.41) is 17.2. The lowest BCUT2D eigenvalue weighted by molar-refractivity contribution is 0.300. The highest BCUT2D eigenvalue weighted by Gasteiger charge is 2.18. The van der Waals surface area contributed by atoms with Crippen LogP contribution in [0.4, 0.5) is 5.82 Å². The van der Waals surface area contributed by atoms with Crippen molar-refractivity contribution in [3.8, 4) is 0 Å². The Hall–Kier alpha value is -1.07. The number of aliphatic hydroxyl groups excluding tert-OH is 1. The fourth-order valence-electron chi connectivity index (χ4n) is 2.34. The summed E-state index contributed by atoms with van der Waals surface area (Å²) in [6.07, 6.45) is 2.28. The Morgan fingerprint density at radius 2 is 2.05 bits per heavy atom. The highest BCUT2D eigenvalue weighted by atomic mass is 16.3. The smallest absolute Gasteiger partial charge is 0.131 e. The Bertz CT molecular complexity index is 376. The van der Waals surface area contributed by atoms with Crippen LogP contribution >= 0.6 is 0 Å². The molecule has 110 valence electrons. The number of aromatic nitrogens is 2. The second-order valence-electron chi connectivity index (χ2n) is 4.86. The van der Waals surface area contributed by atoms with Crippen LogP contribution in [-0.2, 0) is 13.6 Å². The number of aliphatic hydroxyl groups is 1. The third kappa shape index (κ3) is 4.21. The molecule has 1 aromatic heterocycles. The largest absolute Gasteiger partial charge is 0.395 e. The predicted octanol–water partition coefficient (Wildman–Crippen LogP) is 1.44. The Morgan fingerprint density at radius 1 is 1.32 bits per heavy atom. The minimum absolute atomic E-state index is 0.175. The molecular weight excluding hydrogens is 240 g/mol. The molecule has 0 saturated heterocycles. The van der Waals surface area contributed by atoms with E-state index in [1.165, 1.54) is 5.56 Å². The summed E-state index contributed by atoms with van der Waals surface area (Å²) in [5.41, 5.74) is 2.31. The van der Waals surface area contributed by atoms with Gasteiger partial charge >= 0.3 is 0 Å². The molecule has 0 unspecified atom stereocenters. The molecule has 19 heavy (non-hydrogen) atoms. The van der Waals surface area contributed by atoms with E-state index in [-0.39, 0.29) is 6.61 Å². The van der Waals surface area contributed by atoms with Crippen molar-refractivity contribution in [2.45, 2.75) is 40.2 Å². The molecule has 2 N–H and O–H groups in total. The Balaban J connectivity index is 2.98. The van der Waals surface area contributed by atoms with E-state index in [9.17, 15) is 5.11 Å². The number of anilines is 1. The topological polar surface area (TPSA) is 53.3 Å². The number of nitrogens with one attached hydrogen (secondary N) is 1. The van der Waals surface area contributed by atoms with Gasteiger partial charge in [0, 0.05) is 32.2 Å². The van der Waals surface area contributed by atoms with Crippen molar-refractivity contribution in [1.29, 1.82) is 0 Å². The molecule has 0 radical (unpaired) electrons. The van der Waals surface area contributed by atoms with Gasteiger partial charge in [0.15, 0.2) is 0 Å². The van der Waals surface area contributed by atoms with Gasteiger partial charge in [-0.3, -0.25) is 4.68 Å². The summed E-state index contributed by atoms with van der Waals surface area (Å²) >= 11 is 0. The van der Waals surface area contributed by atoms with Crippen molar-refractivity contribution >= 4 is 5.82 Å². The van der Waals surface area contributed by atoms with Gasteiger partial charge in [0.05, 0.1) is 12.3 Å². The first-order chi connectivity index (χ1) is 9.15. The fourth-order valence-corrected chi connectivity index (χ4v) is 2.34. The summed E-state index contributed by atoms with van der Waals surface area (Å²) in [4.78, 5) is 2.25. The van der Waals surface area contributed by atoms with Crippen molar-refractivity contribution < 1.29 is 5.11 Å². The van der Waals surface area contributed by atoms with E-state index in [0.717, 1.165) is 44.0 Å². The average Bonchev–Trinajstić information content (AvgIpc) is 2.66. The zero-order valence-electron chi connectivity index (χ0n) is 12.7. The van der Waals surface area contributed by atoms with Gasteiger partial charge in [-0.15, -0.1) is 0 Å². The number of aryl methyl sites for hydroxylation is 2. The quantitative estimate of drug-likeness (QED) is 0.711. The predicted molar refractivity (Wildman–Crippen MR) is 79.5 cm³/mol. The Morgan fingerprint density at radius 3 is 2.63 bits per heavy atom. The summed E-state index contributed by atoms with van der Waals surface area (Å²) in [5.74, 6) is 1.14. The van der Waals surface area contributed by atoms with Crippen LogP contribution in [0.1, 0.15) is 37.9 Å². The highest BCUT2D eigenvalue weighted by molar-refractivity contribution is 5.50.